The maximum Gasteiger partial charge on any atom is 0.338 e. The van der Waals surface area contributed by atoms with E-state index >= 15 is 0 Å². The van der Waals surface area contributed by atoms with Gasteiger partial charge in [0, 0.05) is 49.4 Å². The summed E-state index contributed by atoms with van der Waals surface area (Å²) in [4.78, 5) is 27.7. The number of amides is 2. The molecule has 0 bridgehead atoms. The van der Waals surface area contributed by atoms with Crippen molar-refractivity contribution in [2.45, 2.75) is 25.3 Å². The van der Waals surface area contributed by atoms with Crippen molar-refractivity contribution in [3.8, 4) is 5.75 Å². The third-order valence-electron chi connectivity index (χ3n) is 7.75. The van der Waals surface area contributed by atoms with Crippen LogP contribution in [-0.4, -0.2) is 85.1 Å². The number of hydrogen-bond acceptors (Lipinski definition) is 7. The van der Waals surface area contributed by atoms with Crippen molar-refractivity contribution in [3.05, 3.63) is 106 Å². The maximum atomic E-state index is 11.8. The lowest BCUT2D eigenvalue weighted by atomic mass is 9.96. The molecule has 3 aromatic rings. The van der Waals surface area contributed by atoms with Crippen LogP contribution in [0.3, 0.4) is 0 Å². The number of carbonyl (C=O) groups excluding carboxylic acids is 2. The topological polar surface area (TPSA) is 109 Å². The first-order valence-electron chi connectivity index (χ1n) is 14.9. The Morgan fingerprint density at radius 1 is 1.00 bits per heavy atom. The van der Waals surface area contributed by atoms with Gasteiger partial charge in [-0.05, 0) is 66.3 Å². The molecule has 3 aromatic carbocycles. The van der Waals surface area contributed by atoms with Crippen molar-refractivity contribution < 1.29 is 24.3 Å². The Hall–Kier alpha value is -3.89. The standard InChI is InChI=1S/C34H41ClN4O5/c1-43-32(40)17-13-29-25-26(7-5-6-18-39(42)34(36)41)10-16-31(29)44-24-23-37-19-21-38(22-20-37)33(27-8-3-2-4-9-27)28-11-14-30(35)15-12-28/h2-4,8-17,25,33,42H,5-7,18-24H2,1H3,(H2,36,41)/t33-/m1/s1. The summed E-state index contributed by atoms with van der Waals surface area (Å²) in [5.41, 5.74) is 9.39. The van der Waals surface area contributed by atoms with Crippen LogP contribution in [-0.2, 0) is 16.0 Å². The third-order valence-corrected chi connectivity index (χ3v) is 8.00. The van der Waals surface area contributed by atoms with Gasteiger partial charge in [-0.2, -0.15) is 0 Å². The quantitative estimate of drug-likeness (QED) is 0.0816. The van der Waals surface area contributed by atoms with Crippen LogP contribution in [0.5, 0.6) is 5.75 Å². The van der Waals surface area contributed by atoms with E-state index in [1.807, 2.05) is 36.4 Å². The number of aryl methyl sites for hydroxylation is 1. The largest absolute Gasteiger partial charge is 0.492 e. The molecule has 9 nitrogen and oxygen atoms in total. The van der Waals surface area contributed by atoms with E-state index in [1.165, 1.54) is 24.3 Å². The normalized spacial score (nSPS) is 14.8. The molecule has 44 heavy (non-hydrogen) atoms. The summed E-state index contributed by atoms with van der Waals surface area (Å²) >= 11 is 6.18. The molecule has 4 rings (SSSR count). The number of rotatable bonds is 14. The molecule has 0 spiro atoms. The lowest BCUT2D eigenvalue weighted by Crippen LogP contribution is -2.48. The van der Waals surface area contributed by atoms with Gasteiger partial charge in [-0.3, -0.25) is 15.0 Å². The number of methoxy groups -OCH3 is 1. The molecule has 1 saturated heterocycles. The predicted octanol–water partition coefficient (Wildman–Crippen LogP) is 5.40. The summed E-state index contributed by atoms with van der Waals surface area (Å²) < 4.78 is 11.0. The van der Waals surface area contributed by atoms with Gasteiger partial charge in [-0.25, -0.2) is 14.7 Å². The lowest BCUT2D eigenvalue weighted by Gasteiger charge is -2.39. The Labute approximate surface area is 264 Å². The van der Waals surface area contributed by atoms with Crippen LogP contribution < -0.4 is 10.5 Å². The highest BCUT2D eigenvalue weighted by Crippen LogP contribution is 2.30. The molecule has 234 valence electrons. The van der Waals surface area contributed by atoms with Gasteiger partial charge in [0.05, 0.1) is 19.7 Å². The third kappa shape index (κ3) is 9.82. The number of primary amides is 1. The van der Waals surface area contributed by atoms with Gasteiger partial charge in [-0.15, -0.1) is 0 Å². The van der Waals surface area contributed by atoms with Crippen LogP contribution in [0.25, 0.3) is 6.08 Å². The first-order valence-corrected chi connectivity index (χ1v) is 15.3. The average Bonchev–Trinajstić information content (AvgIpc) is 3.04. The molecule has 1 aliphatic rings. The van der Waals surface area contributed by atoms with E-state index < -0.39 is 12.0 Å². The number of hydroxylamine groups is 2. The summed E-state index contributed by atoms with van der Waals surface area (Å²) in [7, 11) is 1.34. The van der Waals surface area contributed by atoms with E-state index in [-0.39, 0.29) is 12.6 Å². The molecule has 1 fully saturated rings. The molecule has 2 amide bonds. The molecule has 1 aliphatic heterocycles. The van der Waals surface area contributed by atoms with Gasteiger partial charge < -0.3 is 15.2 Å². The summed E-state index contributed by atoms with van der Waals surface area (Å²) in [5, 5.41) is 10.7. The van der Waals surface area contributed by atoms with Gasteiger partial charge in [0.25, 0.3) is 0 Å². The first kappa shape index (κ1) is 33.0. The molecule has 0 saturated carbocycles. The van der Waals surface area contributed by atoms with Crippen molar-refractivity contribution in [1.82, 2.24) is 14.9 Å². The number of ether oxygens (including phenoxy) is 2. The van der Waals surface area contributed by atoms with E-state index in [0.29, 0.717) is 23.8 Å². The number of carbonyl (C=O) groups is 2. The Morgan fingerprint density at radius 3 is 2.39 bits per heavy atom. The molecule has 0 radical (unpaired) electrons. The fraction of sp³-hybridized carbons (Fsp3) is 0.353. The Kier molecular flexibility index (Phi) is 12.6. The molecule has 0 unspecified atom stereocenters. The predicted molar refractivity (Wildman–Crippen MR) is 172 cm³/mol. The minimum Gasteiger partial charge on any atom is -0.492 e. The van der Waals surface area contributed by atoms with Gasteiger partial charge >= 0.3 is 12.0 Å². The van der Waals surface area contributed by atoms with E-state index in [1.54, 1.807) is 6.08 Å². The molecule has 3 N–H and O–H groups in total. The number of nitrogens with two attached hydrogens (primary N) is 1. The highest BCUT2D eigenvalue weighted by Gasteiger charge is 2.26. The number of benzene rings is 3. The second-order valence-electron chi connectivity index (χ2n) is 10.7. The molecule has 1 heterocycles. The van der Waals surface area contributed by atoms with Crippen molar-refractivity contribution in [3.63, 3.8) is 0 Å². The number of nitrogens with zero attached hydrogens (tertiary/aromatic N) is 3. The molecule has 0 aliphatic carbocycles. The summed E-state index contributed by atoms with van der Waals surface area (Å²) in [5.74, 6) is 0.246. The monoisotopic (exact) mass is 620 g/mol. The zero-order valence-electron chi connectivity index (χ0n) is 25.1. The van der Waals surface area contributed by atoms with Crippen LogP contribution in [0.4, 0.5) is 4.79 Å². The van der Waals surface area contributed by atoms with Gasteiger partial charge in [-0.1, -0.05) is 60.1 Å². The fourth-order valence-electron chi connectivity index (χ4n) is 5.37. The van der Waals surface area contributed by atoms with Crippen molar-refractivity contribution in [2.24, 2.45) is 5.73 Å². The SMILES string of the molecule is COC(=O)C=Cc1cc(CCCCN(O)C(N)=O)ccc1OCCN1CCN([C@H](c2ccccc2)c2ccc(Cl)cc2)CC1. The zero-order valence-corrected chi connectivity index (χ0v) is 25.9. The summed E-state index contributed by atoms with van der Waals surface area (Å²) in [6, 6.07) is 23.9. The smallest absolute Gasteiger partial charge is 0.338 e. The number of esters is 1. The number of piperazine rings is 1. The molecule has 1 atom stereocenters. The minimum atomic E-state index is -0.863. The number of hydrogen-bond donors (Lipinski definition) is 2. The van der Waals surface area contributed by atoms with E-state index in [9.17, 15) is 14.8 Å². The van der Waals surface area contributed by atoms with Crippen LogP contribution >= 0.6 is 11.6 Å². The molecular formula is C34H41ClN4O5. The second kappa shape index (κ2) is 16.8. The zero-order chi connectivity index (χ0) is 31.3. The van der Waals surface area contributed by atoms with E-state index in [0.717, 1.165) is 61.7 Å². The van der Waals surface area contributed by atoms with Gasteiger partial charge in [0.15, 0.2) is 0 Å². The number of halogens is 1. The Balaban J connectivity index is 1.32. The van der Waals surface area contributed by atoms with Crippen LogP contribution in [0.1, 0.15) is 41.1 Å². The number of urea groups is 1. The van der Waals surface area contributed by atoms with Crippen molar-refractivity contribution in [2.75, 3.05) is 53.0 Å². The van der Waals surface area contributed by atoms with Crippen LogP contribution in [0, 0.1) is 0 Å². The van der Waals surface area contributed by atoms with Gasteiger partial charge in [0.2, 0.25) is 0 Å². The van der Waals surface area contributed by atoms with Crippen molar-refractivity contribution >= 4 is 29.7 Å². The Morgan fingerprint density at radius 2 is 1.70 bits per heavy atom. The fourth-order valence-corrected chi connectivity index (χ4v) is 5.49. The molecule has 0 aromatic heterocycles. The van der Waals surface area contributed by atoms with Crippen LogP contribution in [0.2, 0.25) is 5.02 Å². The molecule has 10 heteroatoms. The lowest BCUT2D eigenvalue weighted by molar-refractivity contribution is -0.134. The van der Waals surface area contributed by atoms with E-state index in [4.69, 9.17) is 26.8 Å². The number of unbranched alkanes of at least 4 members (excludes halogenated alkanes) is 1. The second-order valence-corrected chi connectivity index (χ2v) is 11.2. The summed E-state index contributed by atoms with van der Waals surface area (Å²) in [6.45, 7) is 5.18. The highest BCUT2D eigenvalue weighted by atomic mass is 35.5. The van der Waals surface area contributed by atoms with Crippen molar-refractivity contribution in [1.29, 1.82) is 0 Å². The highest BCUT2D eigenvalue weighted by molar-refractivity contribution is 6.30. The summed E-state index contributed by atoms with van der Waals surface area (Å²) in [6.07, 6.45) is 5.16. The first-order chi connectivity index (χ1) is 21.3. The van der Waals surface area contributed by atoms with E-state index in [2.05, 4.69) is 46.2 Å². The Bertz CT molecular complexity index is 1380. The van der Waals surface area contributed by atoms with Gasteiger partial charge in [0.1, 0.15) is 12.4 Å². The molecular weight excluding hydrogens is 580 g/mol. The minimum absolute atomic E-state index is 0.167. The maximum absolute atomic E-state index is 11.8. The average molecular weight is 621 g/mol. The van der Waals surface area contributed by atoms with Crippen LogP contribution in [0.15, 0.2) is 78.9 Å².